The molecule has 0 fully saturated rings. The molecule has 0 spiro atoms. The molecule has 0 unspecified atom stereocenters. The van der Waals surface area contributed by atoms with Crippen LogP contribution >= 0.6 is 0 Å². The highest BCUT2D eigenvalue weighted by molar-refractivity contribution is 5.46. The first-order chi connectivity index (χ1) is 8.70. The molecule has 2 N–H and O–H groups in total. The fourth-order valence-electron chi connectivity index (χ4n) is 1.97. The summed E-state index contributed by atoms with van der Waals surface area (Å²) >= 11 is 0. The summed E-state index contributed by atoms with van der Waals surface area (Å²) in [6.07, 6.45) is 0. The molecule has 0 heterocycles. The van der Waals surface area contributed by atoms with Gasteiger partial charge in [-0.3, -0.25) is 0 Å². The van der Waals surface area contributed by atoms with Crippen LogP contribution in [-0.4, -0.2) is 7.05 Å². The van der Waals surface area contributed by atoms with Crippen molar-refractivity contribution in [3.05, 3.63) is 65.5 Å². The molecule has 18 heavy (non-hydrogen) atoms. The number of benzene rings is 2. The van der Waals surface area contributed by atoms with E-state index in [-0.39, 0.29) is 5.82 Å². The van der Waals surface area contributed by atoms with E-state index in [9.17, 15) is 4.39 Å². The monoisotopic (exact) mass is 244 g/mol. The van der Waals surface area contributed by atoms with E-state index in [0.29, 0.717) is 6.54 Å². The molecule has 0 atom stereocenters. The minimum Gasteiger partial charge on any atom is -0.370 e. The highest BCUT2D eigenvalue weighted by Gasteiger charge is 2.06. The zero-order valence-corrected chi connectivity index (χ0v) is 10.4. The predicted molar refractivity (Wildman–Crippen MR) is 72.8 cm³/mol. The van der Waals surface area contributed by atoms with Gasteiger partial charge in [-0.25, -0.2) is 4.39 Å². The van der Waals surface area contributed by atoms with Gasteiger partial charge < -0.3 is 10.6 Å². The lowest BCUT2D eigenvalue weighted by atomic mass is 10.1. The molecule has 0 aliphatic rings. The van der Waals surface area contributed by atoms with Gasteiger partial charge in [0.25, 0.3) is 0 Å². The van der Waals surface area contributed by atoms with Gasteiger partial charge in [0.1, 0.15) is 5.82 Å². The third-order valence-corrected chi connectivity index (χ3v) is 2.99. The van der Waals surface area contributed by atoms with Gasteiger partial charge in [0.2, 0.25) is 0 Å². The smallest absolute Gasteiger partial charge is 0.125 e. The van der Waals surface area contributed by atoms with Crippen molar-refractivity contribution in [1.82, 2.24) is 0 Å². The van der Waals surface area contributed by atoms with Crippen LogP contribution in [0.2, 0.25) is 0 Å². The Morgan fingerprint density at radius 3 is 2.44 bits per heavy atom. The van der Waals surface area contributed by atoms with Crippen molar-refractivity contribution in [2.24, 2.45) is 5.73 Å². The van der Waals surface area contributed by atoms with E-state index >= 15 is 0 Å². The highest BCUT2D eigenvalue weighted by atomic mass is 19.1. The second-order valence-electron chi connectivity index (χ2n) is 4.31. The molecule has 94 valence electrons. The first-order valence-electron chi connectivity index (χ1n) is 5.94. The van der Waals surface area contributed by atoms with E-state index in [2.05, 4.69) is 6.07 Å². The Morgan fingerprint density at radius 1 is 1.06 bits per heavy atom. The Morgan fingerprint density at radius 2 is 1.78 bits per heavy atom. The summed E-state index contributed by atoms with van der Waals surface area (Å²) in [6, 6.07) is 14.6. The summed E-state index contributed by atoms with van der Waals surface area (Å²) in [4.78, 5) is 2.01. The summed E-state index contributed by atoms with van der Waals surface area (Å²) < 4.78 is 13.2. The van der Waals surface area contributed by atoms with Gasteiger partial charge in [-0.15, -0.1) is 0 Å². The Kier molecular flexibility index (Phi) is 3.95. The van der Waals surface area contributed by atoms with Gasteiger partial charge in [0.15, 0.2) is 0 Å². The number of nitrogens with two attached hydrogens (primary N) is 1. The van der Waals surface area contributed by atoms with Crippen LogP contribution < -0.4 is 10.6 Å². The highest BCUT2D eigenvalue weighted by Crippen LogP contribution is 2.18. The standard InChI is InChI=1S/C15H17FN2/c1-18(15-8-4-7-14(16)9-15)11-13-6-3-2-5-12(13)10-17/h2-9H,10-11,17H2,1H3. The lowest BCUT2D eigenvalue weighted by Crippen LogP contribution is -2.18. The lowest BCUT2D eigenvalue weighted by molar-refractivity contribution is 0.627. The van der Waals surface area contributed by atoms with Crippen LogP contribution in [0, 0.1) is 5.82 Å². The first-order valence-corrected chi connectivity index (χ1v) is 5.94. The van der Waals surface area contributed by atoms with Crippen molar-refractivity contribution >= 4 is 5.69 Å². The Bertz CT molecular complexity index is 525. The second-order valence-corrected chi connectivity index (χ2v) is 4.31. The molecular formula is C15H17FN2. The number of anilines is 1. The van der Waals surface area contributed by atoms with E-state index < -0.39 is 0 Å². The Hall–Kier alpha value is -1.87. The van der Waals surface area contributed by atoms with Crippen LogP contribution in [0.4, 0.5) is 10.1 Å². The zero-order chi connectivity index (χ0) is 13.0. The van der Waals surface area contributed by atoms with Gasteiger partial charge in [0, 0.05) is 25.8 Å². The lowest BCUT2D eigenvalue weighted by Gasteiger charge is -2.21. The number of rotatable bonds is 4. The van der Waals surface area contributed by atoms with Crippen molar-refractivity contribution in [2.45, 2.75) is 13.1 Å². The van der Waals surface area contributed by atoms with Gasteiger partial charge in [-0.05, 0) is 29.3 Å². The van der Waals surface area contributed by atoms with E-state index in [1.807, 2.05) is 36.2 Å². The maximum absolute atomic E-state index is 13.2. The molecular weight excluding hydrogens is 227 g/mol. The average Bonchev–Trinajstić information content (AvgIpc) is 2.39. The summed E-state index contributed by atoms with van der Waals surface area (Å²) in [5, 5.41) is 0. The van der Waals surface area contributed by atoms with E-state index in [4.69, 9.17) is 5.73 Å². The van der Waals surface area contributed by atoms with E-state index in [1.54, 1.807) is 6.07 Å². The molecule has 0 aliphatic heterocycles. The van der Waals surface area contributed by atoms with Crippen LogP contribution in [0.25, 0.3) is 0 Å². The quantitative estimate of drug-likeness (QED) is 0.896. The van der Waals surface area contributed by atoms with Crippen LogP contribution in [0.5, 0.6) is 0 Å². The Labute approximate surface area is 107 Å². The van der Waals surface area contributed by atoms with Gasteiger partial charge in [-0.2, -0.15) is 0 Å². The summed E-state index contributed by atoms with van der Waals surface area (Å²) in [7, 11) is 1.95. The fraction of sp³-hybridized carbons (Fsp3) is 0.200. The van der Waals surface area contributed by atoms with Crippen LogP contribution in [0.15, 0.2) is 48.5 Å². The summed E-state index contributed by atoms with van der Waals surface area (Å²) in [6.45, 7) is 1.24. The van der Waals surface area contributed by atoms with Crippen LogP contribution in [0.3, 0.4) is 0 Å². The first kappa shape index (κ1) is 12.6. The third-order valence-electron chi connectivity index (χ3n) is 2.99. The largest absolute Gasteiger partial charge is 0.370 e. The zero-order valence-electron chi connectivity index (χ0n) is 10.4. The molecule has 0 aliphatic carbocycles. The molecule has 0 bridgehead atoms. The summed E-state index contributed by atoms with van der Waals surface area (Å²) in [5.74, 6) is -0.216. The molecule has 0 radical (unpaired) electrons. The summed E-state index contributed by atoms with van der Waals surface area (Å²) in [5.41, 5.74) is 8.87. The molecule has 0 saturated heterocycles. The third kappa shape index (κ3) is 2.87. The molecule has 2 aromatic rings. The van der Waals surface area contributed by atoms with Crippen molar-refractivity contribution in [3.8, 4) is 0 Å². The molecule has 2 aromatic carbocycles. The van der Waals surface area contributed by atoms with Crippen molar-refractivity contribution in [1.29, 1.82) is 0 Å². The molecule has 2 nitrogen and oxygen atoms in total. The number of halogens is 1. The maximum Gasteiger partial charge on any atom is 0.125 e. The minimum atomic E-state index is -0.216. The molecule has 0 saturated carbocycles. The normalized spacial score (nSPS) is 10.4. The maximum atomic E-state index is 13.2. The average molecular weight is 244 g/mol. The van der Waals surface area contributed by atoms with Crippen molar-refractivity contribution in [2.75, 3.05) is 11.9 Å². The SMILES string of the molecule is CN(Cc1ccccc1CN)c1cccc(F)c1. The molecule has 3 heteroatoms. The topological polar surface area (TPSA) is 29.3 Å². The van der Waals surface area contributed by atoms with Crippen molar-refractivity contribution < 1.29 is 4.39 Å². The van der Waals surface area contributed by atoms with Crippen LogP contribution in [0.1, 0.15) is 11.1 Å². The van der Waals surface area contributed by atoms with Crippen LogP contribution in [-0.2, 0) is 13.1 Å². The molecule has 0 aromatic heterocycles. The minimum absolute atomic E-state index is 0.216. The van der Waals surface area contributed by atoms with E-state index in [0.717, 1.165) is 17.8 Å². The number of hydrogen-bond donors (Lipinski definition) is 1. The van der Waals surface area contributed by atoms with Gasteiger partial charge in [0.05, 0.1) is 0 Å². The second kappa shape index (κ2) is 5.65. The number of nitrogens with zero attached hydrogens (tertiary/aromatic N) is 1. The molecule has 0 amide bonds. The molecule has 2 rings (SSSR count). The number of hydrogen-bond acceptors (Lipinski definition) is 2. The Balaban J connectivity index is 2.18. The predicted octanol–water partition coefficient (Wildman–Crippen LogP) is 2.92. The van der Waals surface area contributed by atoms with Crippen molar-refractivity contribution in [3.63, 3.8) is 0 Å². The van der Waals surface area contributed by atoms with Gasteiger partial charge >= 0.3 is 0 Å². The van der Waals surface area contributed by atoms with Gasteiger partial charge in [-0.1, -0.05) is 30.3 Å². The van der Waals surface area contributed by atoms with E-state index in [1.165, 1.54) is 17.7 Å². The fourth-order valence-corrected chi connectivity index (χ4v) is 1.97.